The standard InChI is InChI=1S/C14H14F6N4/c15-13(16,17)7-4-9(14(18,19)20)23-10(5-7)24-8-2-1-6(3-8)11(24)12(21)22/h4-6,8,11H,1-3H2,(H3,21,22)/t6-,8+,11-/m0/s1. The summed E-state index contributed by atoms with van der Waals surface area (Å²) >= 11 is 0. The van der Waals surface area contributed by atoms with Crippen molar-refractivity contribution in [3.05, 3.63) is 23.4 Å². The van der Waals surface area contributed by atoms with Gasteiger partial charge in [-0.2, -0.15) is 26.3 Å². The Balaban J connectivity index is 2.11. The molecule has 3 N–H and O–H groups in total. The van der Waals surface area contributed by atoms with Crippen LogP contribution >= 0.6 is 0 Å². The van der Waals surface area contributed by atoms with E-state index in [4.69, 9.17) is 11.1 Å². The lowest BCUT2D eigenvalue weighted by atomic mass is 9.97. The molecule has 132 valence electrons. The van der Waals surface area contributed by atoms with E-state index in [9.17, 15) is 26.3 Å². The van der Waals surface area contributed by atoms with Crippen molar-refractivity contribution in [2.75, 3.05) is 4.90 Å². The number of nitrogens with one attached hydrogen (secondary N) is 1. The van der Waals surface area contributed by atoms with Crippen LogP contribution in [-0.2, 0) is 12.4 Å². The number of piperidine rings is 1. The zero-order valence-corrected chi connectivity index (χ0v) is 12.2. The summed E-state index contributed by atoms with van der Waals surface area (Å²) < 4.78 is 77.8. The van der Waals surface area contributed by atoms with Crippen LogP contribution in [0.4, 0.5) is 32.2 Å². The molecule has 1 saturated carbocycles. The summed E-state index contributed by atoms with van der Waals surface area (Å²) in [5.41, 5.74) is 2.52. The number of hydrogen-bond acceptors (Lipinski definition) is 3. The molecule has 10 heteroatoms. The highest BCUT2D eigenvalue weighted by atomic mass is 19.4. The molecular weight excluding hydrogens is 338 g/mol. The lowest BCUT2D eigenvalue weighted by Crippen LogP contribution is -2.49. The molecule has 1 aromatic rings. The second kappa shape index (κ2) is 5.25. The summed E-state index contributed by atoms with van der Waals surface area (Å²) in [4.78, 5) is 4.75. The number of halogens is 6. The lowest BCUT2D eigenvalue weighted by molar-refractivity contribution is -0.145. The van der Waals surface area contributed by atoms with Gasteiger partial charge in [0.2, 0.25) is 0 Å². The quantitative estimate of drug-likeness (QED) is 0.487. The van der Waals surface area contributed by atoms with Gasteiger partial charge in [0, 0.05) is 6.04 Å². The van der Waals surface area contributed by atoms with Crippen molar-refractivity contribution >= 4 is 11.7 Å². The molecule has 0 radical (unpaired) electrons. The van der Waals surface area contributed by atoms with Gasteiger partial charge in [0.25, 0.3) is 0 Å². The van der Waals surface area contributed by atoms with Crippen LogP contribution in [-0.4, -0.2) is 22.9 Å². The molecule has 0 aromatic carbocycles. The Bertz CT molecular complexity index is 636. The average molecular weight is 352 g/mol. The number of rotatable bonds is 2. The number of nitrogens with two attached hydrogens (primary N) is 1. The molecule has 3 atom stereocenters. The van der Waals surface area contributed by atoms with Gasteiger partial charge in [-0.3, -0.25) is 5.41 Å². The number of hydrogen-bond donors (Lipinski definition) is 2. The van der Waals surface area contributed by atoms with Crippen LogP contribution in [0.5, 0.6) is 0 Å². The first kappa shape index (κ1) is 16.8. The molecule has 0 spiro atoms. The highest BCUT2D eigenvalue weighted by molar-refractivity contribution is 5.87. The molecule has 4 nitrogen and oxygen atoms in total. The monoisotopic (exact) mass is 352 g/mol. The predicted molar refractivity (Wildman–Crippen MR) is 73.6 cm³/mol. The number of fused-ring (bicyclic) bond motifs is 2. The van der Waals surface area contributed by atoms with E-state index in [1.54, 1.807) is 0 Å². The van der Waals surface area contributed by atoms with Crippen LogP contribution in [0.15, 0.2) is 12.1 Å². The van der Waals surface area contributed by atoms with Gasteiger partial charge in [0.15, 0.2) is 0 Å². The van der Waals surface area contributed by atoms with E-state index in [2.05, 4.69) is 4.98 Å². The van der Waals surface area contributed by atoms with Gasteiger partial charge in [0.05, 0.1) is 11.6 Å². The fraction of sp³-hybridized carbons (Fsp3) is 0.571. The minimum atomic E-state index is -5.00. The molecule has 24 heavy (non-hydrogen) atoms. The van der Waals surface area contributed by atoms with Gasteiger partial charge in [-0.25, -0.2) is 4.98 Å². The average Bonchev–Trinajstić information content (AvgIpc) is 3.05. The second-order valence-electron chi connectivity index (χ2n) is 6.13. The van der Waals surface area contributed by atoms with E-state index in [-0.39, 0.29) is 23.9 Å². The van der Waals surface area contributed by atoms with Crippen molar-refractivity contribution in [3.8, 4) is 0 Å². The Kier molecular flexibility index (Phi) is 3.68. The maximum Gasteiger partial charge on any atom is 0.433 e. The molecule has 2 bridgehead atoms. The van der Waals surface area contributed by atoms with Crippen molar-refractivity contribution in [1.29, 1.82) is 5.41 Å². The molecule has 1 saturated heterocycles. The largest absolute Gasteiger partial charge is 0.433 e. The third-order valence-corrected chi connectivity index (χ3v) is 4.60. The van der Waals surface area contributed by atoms with Gasteiger partial charge in [-0.1, -0.05) is 0 Å². The number of amidine groups is 1. The lowest BCUT2D eigenvalue weighted by Gasteiger charge is -2.36. The minimum Gasteiger partial charge on any atom is -0.386 e. The molecular formula is C14H14F6N4. The molecule has 0 amide bonds. The maximum atomic E-state index is 13.0. The summed E-state index contributed by atoms with van der Waals surface area (Å²) in [6, 6.07) is -0.353. The highest BCUT2D eigenvalue weighted by Crippen LogP contribution is 2.46. The topological polar surface area (TPSA) is 66.0 Å². The van der Waals surface area contributed by atoms with Crippen molar-refractivity contribution in [2.24, 2.45) is 11.7 Å². The van der Waals surface area contributed by atoms with E-state index < -0.39 is 35.5 Å². The number of aromatic nitrogens is 1. The fourth-order valence-corrected chi connectivity index (χ4v) is 3.68. The third kappa shape index (κ3) is 2.78. The molecule has 2 heterocycles. The number of nitrogens with zero attached hydrogens (tertiary/aromatic N) is 2. The summed E-state index contributed by atoms with van der Waals surface area (Å²) in [5.74, 6) is -0.738. The van der Waals surface area contributed by atoms with Crippen LogP contribution < -0.4 is 10.6 Å². The first-order valence-electron chi connectivity index (χ1n) is 7.27. The number of alkyl halides is 6. The summed E-state index contributed by atoms with van der Waals surface area (Å²) in [6.07, 6.45) is -7.96. The molecule has 1 aromatic heterocycles. The zero-order valence-electron chi connectivity index (χ0n) is 12.2. The Morgan fingerprint density at radius 2 is 1.79 bits per heavy atom. The second-order valence-corrected chi connectivity index (χ2v) is 6.13. The first-order valence-corrected chi connectivity index (χ1v) is 7.27. The molecule has 0 unspecified atom stereocenters. The van der Waals surface area contributed by atoms with Gasteiger partial charge in [0.1, 0.15) is 17.3 Å². The number of anilines is 1. The van der Waals surface area contributed by atoms with Gasteiger partial charge < -0.3 is 10.6 Å². The van der Waals surface area contributed by atoms with Gasteiger partial charge >= 0.3 is 12.4 Å². The van der Waals surface area contributed by atoms with E-state index in [1.807, 2.05) is 0 Å². The smallest absolute Gasteiger partial charge is 0.386 e. The summed E-state index contributed by atoms with van der Waals surface area (Å²) in [6.45, 7) is 0. The Hall–Kier alpha value is -2.00. The minimum absolute atomic E-state index is 0.000596. The zero-order chi connectivity index (χ0) is 17.9. The van der Waals surface area contributed by atoms with Crippen LogP contribution in [0, 0.1) is 11.3 Å². The molecule has 1 aliphatic carbocycles. The highest BCUT2D eigenvalue weighted by Gasteiger charge is 2.49. The van der Waals surface area contributed by atoms with Crippen LogP contribution in [0.25, 0.3) is 0 Å². The summed E-state index contributed by atoms with van der Waals surface area (Å²) in [7, 11) is 0. The van der Waals surface area contributed by atoms with Crippen molar-refractivity contribution in [3.63, 3.8) is 0 Å². The number of pyridine rings is 1. The normalized spacial score (nSPS) is 26.9. The molecule has 2 aliphatic rings. The molecule has 1 aliphatic heterocycles. The van der Waals surface area contributed by atoms with E-state index in [0.717, 1.165) is 6.42 Å². The fourth-order valence-electron chi connectivity index (χ4n) is 3.68. The van der Waals surface area contributed by atoms with E-state index >= 15 is 0 Å². The van der Waals surface area contributed by atoms with Crippen molar-refractivity contribution in [2.45, 2.75) is 43.7 Å². The van der Waals surface area contributed by atoms with Crippen molar-refractivity contribution in [1.82, 2.24) is 4.98 Å². The Morgan fingerprint density at radius 3 is 2.33 bits per heavy atom. The van der Waals surface area contributed by atoms with Crippen molar-refractivity contribution < 1.29 is 26.3 Å². The van der Waals surface area contributed by atoms with Crippen LogP contribution in [0.1, 0.15) is 30.5 Å². The molecule has 3 rings (SSSR count). The van der Waals surface area contributed by atoms with E-state index in [1.165, 1.54) is 4.90 Å². The van der Waals surface area contributed by atoms with Gasteiger partial charge in [-0.05, 0) is 37.3 Å². The third-order valence-electron chi connectivity index (χ3n) is 4.60. The van der Waals surface area contributed by atoms with E-state index in [0.29, 0.717) is 18.9 Å². The predicted octanol–water partition coefficient (Wildman–Crippen LogP) is 3.41. The summed E-state index contributed by atoms with van der Waals surface area (Å²) in [5, 5.41) is 7.64. The van der Waals surface area contributed by atoms with Gasteiger partial charge in [-0.15, -0.1) is 0 Å². The van der Waals surface area contributed by atoms with Crippen LogP contribution in [0.3, 0.4) is 0 Å². The SMILES string of the molecule is N=C(N)[C@@H]1[C@H]2CC[C@H](C2)N1c1cc(C(F)(F)F)cc(C(F)(F)F)n1. The Labute approximate surface area is 133 Å². The molecule has 2 fully saturated rings. The maximum absolute atomic E-state index is 13.0. The first-order chi connectivity index (χ1) is 11.0. The Morgan fingerprint density at radius 1 is 1.12 bits per heavy atom. The van der Waals surface area contributed by atoms with Crippen LogP contribution in [0.2, 0.25) is 0 Å².